The molecule has 0 bridgehead atoms. The van der Waals surface area contributed by atoms with Crippen LogP contribution in [0.25, 0.3) is 16.5 Å². The molecular formula is C29H24ClFN4. The van der Waals surface area contributed by atoms with Gasteiger partial charge in [-0.05, 0) is 64.9 Å². The minimum Gasteiger partial charge on any atom is -0.278 e. The number of halogens is 2. The Morgan fingerprint density at radius 2 is 1.97 bits per heavy atom. The van der Waals surface area contributed by atoms with Gasteiger partial charge in [0.1, 0.15) is 17.9 Å². The molecular weight excluding hydrogens is 459 g/mol. The second-order valence-corrected chi connectivity index (χ2v) is 9.70. The Hall–Kier alpha value is -3.57. The number of hydrogen-bond donors (Lipinski definition) is 1. The molecule has 2 heterocycles. The van der Waals surface area contributed by atoms with Crippen LogP contribution in [0.4, 0.5) is 10.1 Å². The molecule has 2 aliphatic rings. The maximum Gasteiger partial charge on any atom is 0.122 e. The van der Waals surface area contributed by atoms with E-state index in [-0.39, 0.29) is 12.0 Å². The summed E-state index contributed by atoms with van der Waals surface area (Å²) in [6.45, 7) is 1.56. The molecule has 6 rings (SSSR count). The van der Waals surface area contributed by atoms with Gasteiger partial charge in [0.2, 0.25) is 0 Å². The smallest absolute Gasteiger partial charge is 0.122 e. The van der Waals surface area contributed by atoms with Crippen LogP contribution < -0.4 is 0 Å². The van der Waals surface area contributed by atoms with Gasteiger partial charge >= 0.3 is 0 Å². The van der Waals surface area contributed by atoms with Gasteiger partial charge in [-0.15, -0.1) is 0 Å². The summed E-state index contributed by atoms with van der Waals surface area (Å²) < 4.78 is 13.6. The Morgan fingerprint density at radius 3 is 2.80 bits per heavy atom. The summed E-state index contributed by atoms with van der Waals surface area (Å²) in [5.41, 5.74) is 8.19. The highest BCUT2D eigenvalue weighted by atomic mass is 35.5. The van der Waals surface area contributed by atoms with Crippen molar-refractivity contribution in [2.75, 3.05) is 0 Å². The van der Waals surface area contributed by atoms with Crippen LogP contribution in [0.3, 0.4) is 0 Å². The van der Waals surface area contributed by atoms with Crippen molar-refractivity contribution in [3.05, 3.63) is 112 Å². The molecule has 1 aliphatic heterocycles. The summed E-state index contributed by atoms with van der Waals surface area (Å²) in [6.07, 6.45) is 8.94. The molecule has 0 saturated carbocycles. The Kier molecular flexibility index (Phi) is 5.57. The SMILES string of the molecule is CC(F)c1ccc(CC2C=CC=C2c2cc(Cl)c3c(c2)CC(c2ccc4cn[nH]c4c2)N=N3)cc1. The lowest BCUT2D eigenvalue weighted by Gasteiger charge is -2.21. The highest BCUT2D eigenvalue weighted by molar-refractivity contribution is 6.33. The molecule has 4 nitrogen and oxygen atoms in total. The molecule has 0 spiro atoms. The topological polar surface area (TPSA) is 53.4 Å². The van der Waals surface area contributed by atoms with Gasteiger partial charge < -0.3 is 0 Å². The van der Waals surface area contributed by atoms with Crippen molar-refractivity contribution in [3.63, 3.8) is 0 Å². The van der Waals surface area contributed by atoms with Crippen molar-refractivity contribution in [1.82, 2.24) is 10.2 Å². The molecule has 0 amide bonds. The van der Waals surface area contributed by atoms with Gasteiger partial charge in [-0.1, -0.05) is 66.2 Å². The van der Waals surface area contributed by atoms with Crippen LogP contribution in [0.15, 0.2) is 89.3 Å². The summed E-state index contributed by atoms with van der Waals surface area (Å²) in [5.74, 6) is 0.238. The molecule has 1 aliphatic carbocycles. The van der Waals surface area contributed by atoms with Crippen molar-refractivity contribution in [1.29, 1.82) is 0 Å². The predicted octanol–water partition coefficient (Wildman–Crippen LogP) is 8.44. The van der Waals surface area contributed by atoms with Gasteiger partial charge in [0, 0.05) is 17.7 Å². The van der Waals surface area contributed by atoms with Crippen LogP contribution in [0.1, 0.15) is 47.0 Å². The van der Waals surface area contributed by atoms with Gasteiger partial charge in [0.15, 0.2) is 0 Å². The molecule has 0 saturated heterocycles. The third-order valence-corrected chi connectivity index (χ3v) is 7.24. The maximum absolute atomic E-state index is 13.6. The summed E-state index contributed by atoms with van der Waals surface area (Å²) in [4.78, 5) is 0. The van der Waals surface area contributed by atoms with Crippen molar-refractivity contribution >= 4 is 33.8 Å². The zero-order valence-electron chi connectivity index (χ0n) is 19.2. The van der Waals surface area contributed by atoms with E-state index in [0.717, 1.165) is 46.1 Å². The zero-order chi connectivity index (χ0) is 23.9. The number of rotatable bonds is 5. The number of fused-ring (bicyclic) bond motifs is 2. The van der Waals surface area contributed by atoms with Crippen LogP contribution in [-0.2, 0) is 12.8 Å². The number of aromatic amines is 1. The molecule has 1 N–H and O–H groups in total. The first-order chi connectivity index (χ1) is 17.0. The predicted molar refractivity (Wildman–Crippen MR) is 139 cm³/mol. The molecule has 3 unspecified atom stereocenters. The first-order valence-corrected chi connectivity index (χ1v) is 12.2. The zero-order valence-corrected chi connectivity index (χ0v) is 20.0. The van der Waals surface area contributed by atoms with E-state index >= 15 is 0 Å². The molecule has 6 heteroatoms. The summed E-state index contributed by atoms with van der Waals surface area (Å²) in [6, 6.07) is 18.2. The van der Waals surface area contributed by atoms with Crippen molar-refractivity contribution < 1.29 is 4.39 Å². The van der Waals surface area contributed by atoms with Gasteiger partial charge in [-0.2, -0.15) is 15.3 Å². The van der Waals surface area contributed by atoms with E-state index < -0.39 is 6.17 Å². The number of nitrogens with zero attached hydrogens (tertiary/aromatic N) is 3. The fraction of sp³-hybridized carbons (Fsp3) is 0.207. The van der Waals surface area contributed by atoms with Crippen LogP contribution >= 0.6 is 11.6 Å². The van der Waals surface area contributed by atoms with E-state index in [4.69, 9.17) is 11.6 Å². The van der Waals surface area contributed by atoms with E-state index in [1.54, 1.807) is 6.92 Å². The van der Waals surface area contributed by atoms with E-state index in [9.17, 15) is 4.39 Å². The molecule has 35 heavy (non-hydrogen) atoms. The highest BCUT2D eigenvalue weighted by Gasteiger charge is 2.24. The van der Waals surface area contributed by atoms with Crippen LogP contribution in [-0.4, -0.2) is 10.2 Å². The summed E-state index contributed by atoms with van der Waals surface area (Å²) in [5, 5.41) is 17.9. The number of H-pyrrole nitrogens is 1. The molecule has 0 radical (unpaired) electrons. The Labute approximate surface area is 208 Å². The number of allylic oxidation sites excluding steroid dienone is 4. The van der Waals surface area contributed by atoms with Crippen LogP contribution in [0.2, 0.25) is 5.02 Å². The van der Waals surface area contributed by atoms with Gasteiger partial charge in [0.25, 0.3) is 0 Å². The van der Waals surface area contributed by atoms with E-state index in [0.29, 0.717) is 10.6 Å². The summed E-state index contributed by atoms with van der Waals surface area (Å²) in [7, 11) is 0. The minimum atomic E-state index is -0.953. The normalized spacial score (nSPS) is 19.7. The van der Waals surface area contributed by atoms with Crippen LogP contribution in [0, 0.1) is 5.92 Å². The number of hydrogen-bond acceptors (Lipinski definition) is 3. The van der Waals surface area contributed by atoms with Crippen molar-refractivity contribution in [2.24, 2.45) is 16.1 Å². The maximum atomic E-state index is 13.6. The van der Waals surface area contributed by atoms with E-state index in [1.807, 2.05) is 36.5 Å². The Bertz CT molecular complexity index is 1500. The van der Waals surface area contributed by atoms with E-state index in [1.165, 1.54) is 11.1 Å². The van der Waals surface area contributed by atoms with Crippen molar-refractivity contribution in [3.8, 4) is 0 Å². The van der Waals surface area contributed by atoms with Gasteiger partial charge in [0.05, 0.1) is 16.7 Å². The fourth-order valence-corrected chi connectivity index (χ4v) is 5.27. The van der Waals surface area contributed by atoms with Crippen molar-refractivity contribution in [2.45, 2.75) is 32.0 Å². The standard InChI is InChI=1S/C29H24ClFN4/c1-17(31)19-7-5-18(6-8-19)11-20-3-2-4-25(20)23-12-24-15-27(34-35-29(24)26(30)13-23)21-9-10-22-16-32-33-28(22)14-21/h2-10,12-14,16-17,20,27H,11,15H2,1H3,(H,32,33). The molecule has 1 aromatic heterocycles. The third kappa shape index (κ3) is 4.21. The number of alkyl halides is 1. The first-order valence-electron chi connectivity index (χ1n) is 11.8. The van der Waals surface area contributed by atoms with Gasteiger partial charge in [-0.25, -0.2) is 4.39 Å². The molecule has 0 fully saturated rings. The molecule has 174 valence electrons. The van der Waals surface area contributed by atoms with Crippen LogP contribution in [0.5, 0.6) is 0 Å². The quantitative estimate of drug-likeness (QED) is 0.305. The summed E-state index contributed by atoms with van der Waals surface area (Å²) >= 11 is 6.69. The monoisotopic (exact) mass is 482 g/mol. The average molecular weight is 483 g/mol. The first kappa shape index (κ1) is 21.9. The third-order valence-electron chi connectivity index (χ3n) is 6.95. The fourth-order valence-electron chi connectivity index (χ4n) is 5.00. The number of aromatic nitrogens is 2. The lowest BCUT2D eigenvalue weighted by molar-refractivity contribution is 0.374. The molecule has 3 atom stereocenters. The Balaban J connectivity index is 1.26. The minimum absolute atomic E-state index is 0.0654. The lowest BCUT2D eigenvalue weighted by atomic mass is 9.87. The number of azo groups is 1. The lowest BCUT2D eigenvalue weighted by Crippen LogP contribution is -2.07. The highest BCUT2D eigenvalue weighted by Crippen LogP contribution is 2.43. The Morgan fingerprint density at radius 1 is 1.11 bits per heavy atom. The van der Waals surface area contributed by atoms with Gasteiger partial charge in [-0.3, -0.25) is 5.10 Å². The second-order valence-electron chi connectivity index (χ2n) is 9.29. The average Bonchev–Trinajstić information content (AvgIpc) is 3.53. The van der Waals surface area contributed by atoms with E-state index in [2.05, 4.69) is 62.9 Å². The second kappa shape index (κ2) is 8.90. The molecule has 4 aromatic rings. The number of nitrogens with one attached hydrogen (secondary N) is 1. The largest absolute Gasteiger partial charge is 0.278 e. The molecule has 3 aromatic carbocycles. The number of benzene rings is 3.